The summed E-state index contributed by atoms with van der Waals surface area (Å²) in [4.78, 5) is 0. The molecular weight excluding hydrogens is 407 g/mol. The summed E-state index contributed by atoms with van der Waals surface area (Å²) in [5.74, 6) is 1.26. The Morgan fingerprint density at radius 2 is 2.14 bits per heavy atom. The van der Waals surface area contributed by atoms with Crippen LogP contribution >= 0.6 is 23.4 Å². The Labute approximate surface area is 169 Å². The van der Waals surface area contributed by atoms with Crippen LogP contribution in [0.25, 0.3) is 0 Å². The van der Waals surface area contributed by atoms with E-state index >= 15 is 0 Å². The van der Waals surface area contributed by atoms with Crippen LogP contribution < -0.4 is 9.47 Å². The fraction of sp³-hybridized carbons (Fsp3) is 0.263. The van der Waals surface area contributed by atoms with E-state index in [-0.39, 0.29) is 18.4 Å². The summed E-state index contributed by atoms with van der Waals surface area (Å²) in [6.45, 7) is 2.39. The Morgan fingerprint density at radius 1 is 1.29 bits per heavy atom. The molecule has 0 fully saturated rings. The van der Waals surface area contributed by atoms with Crippen LogP contribution in [0.3, 0.4) is 0 Å². The van der Waals surface area contributed by atoms with Gasteiger partial charge in [0.2, 0.25) is 0 Å². The molecule has 0 unspecified atom stereocenters. The quantitative estimate of drug-likeness (QED) is 0.508. The highest BCUT2D eigenvalue weighted by molar-refractivity contribution is 7.98. The second-order valence-corrected chi connectivity index (χ2v) is 7.41. The number of benzene rings is 2. The summed E-state index contributed by atoms with van der Waals surface area (Å²) in [6.07, 6.45) is -0.585. The molecule has 0 aliphatic carbocycles. The van der Waals surface area contributed by atoms with E-state index < -0.39 is 11.9 Å². The van der Waals surface area contributed by atoms with Gasteiger partial charge in [0, 0.05) is 21.9 Å². The highest BCUT2D eigenvalue weighted by Gasteiger charge is 2.20. The zero-order chi connectivity index (χ0) is 19.5. The highest BCUT2D eigenvalue weighted by atomic mass is 35.5. The number of nitrogens with zero attached hydrogens (tertiary/aromatic N) is 2. The molecule has 9 heteroatoms. The fourth-order valence-corrected chi connectivity index (χ4v) is 3.73. The molecule has 0 spiro atoms. The van der Waals surface area contributed by atoms with E-state index in [9.17, 15) is 4.39 Å². The van der Waals surface area contributed by atoms with Gasteiger partial charge >= 0.3 is 0 Å². The SMILES string of the molecule is C[C@@H](Oc1ccccc1F)c1nnc(SCc2cc(Cl)cc3c2OCOC3)o1. The molecular formula is C19H16ClFN2O4S. The van der Waals surface area contributed by atoms with Crippen molar-refractivity contribution in [3.63, 3.8) is 0 Å². The van der Waals surface area contributed by atoms with Gasteiger partial charge in [-0.05, 0) is 31.2 Å². The molecule has 0 saturated carbocycles. The lowest BCUT2D eigenvalue weighted by Gasteiger charge is -2.20. The minimum absolute atomic E-state index is 0.132. The molecule has 6 nitrogen and oxygen atoms in total. The summed E-state index contributed by atoms with van der Waals surface area (Å²) >= 11 is 7.53. The summed E-state index contributed by atoms with van der Waals surface area (Å²) in [6, 6.07) is 9.84. The number of hydrogen-bond acceptors (Lipinski definition) is 7. The number of aromatic nitrogens is 2. The Kier molecular flexibility index (Phi) is 5.70. The first-order valence-corrected chi connectivity index (χ1v) is 9.85. The van der Waals surface area contributed by atoms with E-state index in [1.807, 2.05) is 12.1 Å². The van der Waals surface area contributed by atoms with Crippen LogP contribution in [0.5, 0.6) is 11.5 Å². The van der Waals surface area contributed by atoms with Gasteiger partial charge < -0.3 is 18.6 Å². The second kappa shape index (κ2) is 8.38. The first-order chi connectivity index (χ1) is 13.6. The van der Waals surface area contributed by atoms with Crippen molar-refractivity contribution in [3.8, 4) is 11.5 Å². The average Bonchev–Trinajstić information content (AvgIpc) is 3.17. The lowest BCUT2D eigenvalue weighted by molar-refractivity contribution is -0.0168. The Hall–Kier alpha value is -2.29. The standard InChI is InChI=1S/C19H16ClFN2O4S/c1-11(26-16-5-3-2-4-15(16)21)18-22-23-19(27-18)28-9-13-7-14(20)6-12-8-24-10-25-17(12)13/h2-7,11H,8-10H2,1H3/t11-/m1/s1. The van der Waals surface area contributed by atoms with Crippen molar-refractivity contribution in [3.05, 3.63) is 64.3 Å². The zero-order valence-corrected chi connectivity index (χ0v) is 16.4. The number of hydrogen-bond donors (Lipinski definition) is 0. The minimum Gasteiger partial charge on any atom is -0.478 e. The molecule has 0 saturated heterocycles. The second-order valence-electron chi connectivity index (χ2n) is 6.05. The van der Waals surface area contributed by atoms with E-state index in [1.54, 1.807) is 25.1 Å². The van der Waals surface area contributed by atoms with Crippen LogP contribution in [0.15, 0.2) is 46.0 Å². The van der Waals surface area contributed by atoms with Crippen LogP contribution in [-0.2, 0) is 17.1 Å². The largest absolute Gasteiger partial charge is 0.478 e. The number of thioether (sulfide) groups is 1. The van der Waals surface area contributed by atoms with Gasteiger partial charge in [-0.15, -0.1) is 10.2 Å². The Morgan fingerprint density at radius 3 is 3.00 bits per heavy atom. The number of para-hydroxylation sites is 1. The van der Waals surface area contributed by atoms with Crippen molar-refractivity contribution >= 4 is 23.4 Å². The van der Waals surface area contributed by atoms with Gasteiger partial charge in [0.05, 0.1) is 6.61 Å². The first kappa shape index (κ1) is 19.0. The van der Waals surface area contributed by atoms with Crippen molar-refractivity contribution in [2.75, 3.05) is 6.79 Å². The summed E-state index contributed by atoms with van der Waals surface area (Å²) in [7, 11) is 0. The van der Waals surface area contributed by atoms with E-state index in [1.165, 1.54) is 17.8 Å². The van der Waals surface area contributed by atoms with Crippen LogP contribution in [0.4, 0.5) is 4.39 Å². The molecule has 3 aromatic rings. The topological polar surface area (TPSA) is 66.6 Å². The molecule has 0 amide bonds. The monoisotopic (exact) mass is 422 g/mol. The van der Waals surface area contributed by atoms with Crippen molar-refractivity contribution in [2.45, 2.75) is 30.6 Å². The molecule has 146 valence electrons. The number of halogens is 2. The summed E-state index contributed by atoms with van der Waals surface area (Å²) in [5, 5.41) is 9.01. The van der Waals surface area contributed by atoms with Gasteiger partial charge in [0.25, 0.3) is 11.1 Å². The Bertz CT molecular complexity index is 984. The van der Waals surface area contributed by atoms with Crippen LogP contribution in [0.2, 0.25) is 5.02 Å². The van der Waals surface area contributed by atoms with E-state index in [4.69, 9.17) is 30.2 Å². The van der Waals surface area contributed by atoms with Crippen LogP contribution in [-0.4, -0.2) is 17.0 Å². The average molecular weight is 423 g/mol. The molecule has 0 N–H and O–H groups in total. The minimum atomic E-state index is -0.585. The van der Waals surface area contributed by atoms with Crippen molar-refractivity contribution in [2.24, 2.45) is 0 Å². The normalized spacial score (nSPS) is 14.2. The maximum absolute atomic E-state index is 13.7. The van der Waals surface area contributed by atoms with E-state index in [0.29, 0.717) is 22.6 Å². The predicted octanol–water partition coefficient (Wildman–Crippen LogP) is 5.16. The molecule has 1 aromatic heterocycles. The fourth-order valence-electron chi connectivity index (χ4n) is 2.73. The zero-order valence-electron chi connectivity index (χ0n) is 14.9. The number of rotatable bonds is 6. The molecule has 0 bridgehead atoms. The predicted molar refractivity (Wildman–Crippen MR) is 101 cm³/mol. The molecule has 1 aliphatic heterocycles. The van der Waals surface area contributed by atoms with Crippen molar-refractivity contribution < 1.29 is 23.0 Å². The third kappa shape index (κ3) is 4.24. The van der Waals surface area contributed by atoms with Gasteiger partial charge in [-0.2, -0.15) is 0 Å². The van der Waals surface area contributed by atoms with E-state index in [0.717, 1.165) is 16.9 Å². The molecule has 0 radical (unpaired) electrons. The lowest BCUT2D eigenvalue weighted by Crippen LogP contribution is -2.12. The third-order valence-corrected chi connectivity index (χ3v) is 5.10. The lowest BCUT2D eigenvalue weighted by atomic mass is 10.1. The highest BCUT2D eigenvalue weighted by Crippen LogP contribution is 2.35. The first-order valence-electron chi connectivity index (χ1n) is 8.49. The van der Waals surface area contributed by atoms with Gasteiger partial charge in [0.1, 0.15) is 5.75 Å². The number of fused-ring (bicyclic) bond motifs is 1. The molecule has 1 aliphatic rings. The molecule has 28 heavy (non-hydrogen) atoms. The Balaban J connectivity index is 1.43. The third-order valence-electron chi connectivity index (χ3n) is 4.01. The molecule has 2 aromatic carbocycles. The molecule has 4 rings (SSSR count). The summed E-state index contributed by atoms with van der Waals surface area (Å²) in [5.41, 5.74) is 1.83. The van der Waals surface area contributed by atoms with Gasteiger partial charge in [-0.3, -0.25) is 0 Å². The van der Waals surface area contributed by atoms with E-state index in [2.05, 4.69) is 10.2 Å². The van der Waals surface area contributed by atoms with Crippen molar-refractivity contribution in [1.29, 1.82) is 0 Å². The van der Waals surface area contributed by atoms with Gasteiger partial charge in [-0.1, -0.05) is 35.5 Å². The maximum atomic E-state index is 13.7. The van der Waals surface area contributed by atoms with Gasteiger partial charge in [-0.25, -0.2) is 4.39 Å². The number of ether oxygens (including phenoxy) is 3. The van der Waals surface area contributed by atoms with Gasteiger partial charge in [0.15, 0.2) is 24.5 Å². The molecule has 2 heterocycles. The molecule has 1 atom stereocenters. The maximum Gasteiger partial charge on any atom is 0.277 e. The smallest absolute Gasteiger partial charge is 0.277 e. The van der Waals surface area contributed by atoms with Crippen LogP contribution in [0.1, 0.15) is 30.0 Å². The van der Waals surface area contributed by atoms with Crippen molar-refractivity contribution in [1.82, 2.24) is 10.2 Å². The summed E-state index contributed by atoms with van der Waals surface area (Å²) < 4.78 is 35.8. The van der Waals surface area contributed by atoms with Crippen LogP contribution in [0, 0.1) is 5.82 Å².